The zero-order valence-corrected chi connectivity index (χ0v) is 14.4. The highest BCUT2D eigenvalue weighted by Crippen LogP contribution is 2.27. The second kappa shape index (κ2) is 8.16. The lowest BCUT2D eigenvalue weighted by molar-refractivity contribution is -0.122. The van der Waals surface area contributed by atoms with Crippen molar-refractivity contribution in [1.82, 2.24) is 10.9 Å². The minimum atomic E-state index is -0.402. The first-order chi connectivity index (χ1) is 12.6. The molecule has 3 rings (SSSR count). The van der Waals surface area contributed by atoms with Crippen LogP contribution >= 0.6 is 0 Å². The first kappa shape index (κ1) is 17.5. The molecule has 0 unspecified atom stereocenters. The van der Waals surface area contributed by atoms with Crippen molar-refractivity contribution >= 4 is 11.8 Å². The molecule has 5 heteroatoms. The van der Waals surface area contributed by atoms with Crippen LogP contribution in [-0.2, 0) is 4.79 Å². The van der Waals surface area contributed by atoms with Gasteiger partial charge in [-0.25, -0.2) is 0 Å². The molecule has 26 heavy (non-hydrogen) atoms. The van der Waals surface area contributed by atoms with Gasteiger partial charge in [-0.05, 0) is 24.1 Å². The van der Waals surface area contributed by atoms with E-state index in [2.05, 4.69) is 10.9 Å². The number of hydrazine groups is 1. The molecule has 1 aromatic heterocycles. The van der Waals surface area contributed by atoms with Crippen molar-refractivity contribution in [3.05, 3.63) is 95.4 Å². The van der Waals surface area contributed by atoms with Crippen molar-refractivity contribution < 1.29 is 14.0 Å². The van der Waals surface area contributed by atoms with Crippen molar-refractivity contribution in [1.29, 1.82) is 0 Å². The third-order valence-corrected chi connectivity index (χ3v) is 4.21. The van der Waals surface area contributed by atoms with Crippen molar-refractivity contribution in [3.8, 4) is 0 Å². The van der Waals surface area contributed by atoms with Crippen molar-refractivity contribution in [2.45, 2.75) is 19.3 Å². The zero-order valence-electron chi connectivity index (χ0n) is 14.4. The highest BCUT2D eigenvalue weighted by Gasteiger charge is 2.19. The Bertz CT molecular complexity index is 833. The van der Waals surface area contributed by atoms with Crippen LogP contribution in [0.3, 0.4) is 0 Å². The van der Waals surface area contributed by atoms with Gasteiger partial charge in [0, 0.05) is 12.3 Å². The maximum Gasteiger partial charge on any atom is 0.273 e. The quantitative estimate of drug-likeness (QED) is 0.693. The maximum atomic E-state index is 12.4. The van der Waals surface area contributed by atoms with Crippen LogP contribution < -0.4 is 10.9 Å². The fraction of sp³-hybridized carbons (Fsp3) is 0.143. The minimum Gasteiger partial charge on any atom is -0.469 e. The van der Waals surface area contributed by atoms with Crippen LogP contribution in [-0.4, -0.2) is 11.8 Å². The number of nitrogens with one attached hydrogen (secondary N) is 2. The Morgan fingerprint density at radius 3 is 1.96 bits per heavy atom. The molecule has 1 heterocycles. The summed E-state index contributed by atoms with van der Waals surface area (Å²) in [6.07, 6.45) is 1.66. The maximum absolute atomic E-state index is 12.4. The van der Waals surface area contributed by atoms with E-state index in [9.17, 15) is 9.59 Å². The highest BCUT2D eigenvalue weighted by molar-refractivity contribution is 5.96. The lowest BCUT2D eigenvalue weighted by Gasteiger charge is -2.18. The van der Waals surface area contributed by atoms with Crippen LogP contribution in [0.5, 0.6) is 0 Å². The van der Waals surface area contributed by atoms with Gasteiger partial charge in [-0.2, -0.15) is 0 Å². The molecule has 0 aliphatic rings. The third kappa shape index (κ3) is 4.19. The molecular formula is C21H20N2O3. The van der Waals surface area contributed by atoms with Crippen molar-refractivity contribution in [2.24, 2.45) is 0 Å². The molecule has 0 saturated carbocycles. The molecule has 0 spiro atoms. The first-order valence-electron chi connectivity index (χ1n) is 8.38. The van der Waals surface area contributed by atoms with Crippen LogP contribution in [0.4, 0.5) is 0 Å². The zero-order chi connectivity index (χ0) is 18.4. The summed E-state index contributed by atoms with van der Waals surface area (Å²) >= 11 is 0. The van der Waals surface area contributed by atoms with Crippen LogP contribution in [0.25, 0.3) is 0 Å². The number of rotatable bonds is 5. The van der Waals surface area contributed by atoms with Gasteiger partial charge in [0.15, 0.2) is 0 Å². The number of hydrogen-bond donors (Lipinski definition) is 2. The van der Waals surface area contributed by atoms with E-state index in [4.69, 9.17) is 4.42 Å². The number of benzene rings is 2. The molecule has 0 radical (unpaired) electrons. The second-order valence-corrected chi connectivity index (χ2v) is 5.97. The van der Waals surface area contributed by atoms with E-state index < -0.39 is 5.91 Å². The Hall–Kier alpha value is -3.34. The molecule has 0 aliphatic carbocycles. The fourth-order valence-corrected chi connectivity index (χ4v) is 2.85. The molecule has 0 bridgehead atoms. The number of carbonyl (C=O) groups excluding carboxylic acids is 2. The number of furan rings is 1. The van der Waals surface area contributed by atoms with E-state index in [0.29, 0.717) is 11.3 Å². The molecule has 0 saturated heterocycles. The van der Waals surface area contributed by atoms with Crippen molar-refractivity contribution in [2.75, 3.05) is 0 Å². The van der Waals surface area contributed by atoms with E-state index in [1.165, 1.54) is 6.26 Å². The lowest BCUT2D eigenvalue weighted by Crippen LogP contribution is -2.42. The molecule has 0 atom stereocenters. The van der Waals surface area contributed by atoms with Gasteiger partial charge in [0.1, 0.15) is 5.76 Å². The highest BCUT2D eigenvalue weighted by atomic mass is 16.3. The SMILES string of the molecule is Cc1occc1C(=O)NNC(=O)CC(c1ccccc1)c1ccccc1. The summed E-state index contributed by atoms with van der Waals surface area (Å²) in [6, 6.07) is 21.2. The van der Waals surface area contributed by atoms with Crippen LogP contribution in [0.15, 0.2) is 77.4 Å². The summed E-state index contributed by atoms with van der Waals surface area (Å²) in [5.41, 5.74) is 7.41. The van der Waals surface area contributed by atoms with E-state index in [1.54, 1.807) is 13.0 Å². The number of amides is 2. The molecule has 2 N–H and O–H groups in total. The van der Waals surface area contributed by atoms with E-state index in [-0.39, 0.29) is 18.2 Å². The smallest absolute Gasteiger partial charge is 0.273 e. The summed E-state index contributed by atoms with van der Waals surface area (Å²) in [5.74, 6) is -0.258. The molecule has 0 fully saturated rings. The second-order valence-electron chi connectivity index (χ2n) is 5.97. The van der Waals surface area contributed by atoms with Gasteiger partial charge in [0.05, 0.1) is 11.8 Å². The standard InChI is InChI=1S/C21H20N2O3/c1-15-18(12-13-26-15)21(25)23-22-20(24)14-19(16-8-4-2-5-9-16)17-10-6-3-7-11-17/h2-13,19H,14H2,1H3,(H,22,24)(H,23,25). The monoisotopic (exact) mass is 348 g/mol. The van der Waals surface area contributed by atoms with Gasteiger partial charge in [-0.15, -0.1) is 0 Å². The van der Waals surface area contributed by atoms with Gasteiger partial charge in [-0.1, -0.05) is 60.7 Å². The van der Waals surface area contributed by atoms with E-state index in [0.717, 1.165) is 11.1 Å². The Kier molecular flexibility index (Phi) is 5.49. The van der Waals surface area contributed by atoms with Gasteiger partial charge in [0.2, 0.25) is 5.91 Å². The van der Waals surface area contributed by atoms with Gasteiger partial charge in [-0.3, -0.25) is 20.4 Å². The average molecular weight is 348 g/mol. The summed E-state index contributed by atoms with van der Waals surface area (Å²) in [5, 5.41) is 0. The van der Waals surface area contributed by atoms with Gasteiger partial charge >= 0.3 is 0 Å². The lowest BCUT2D eigenvalue weighted by atomic mass is 9.88. The molecule has 2 amide bonds. The van der Waals surface area contributed by atoms with Crippen LogP contribution in [0, 0.1) is 6.92 Å². The fourth-order valence-electron chi connectivity index (χ4n) is 2.85. The largest absolute Gasteiger partial charge is 0.469 e. The Balaban J connectivity index is 1.68. The minimum absolute atomic E-state index is 0.0926. The summed E-state index contributed by atoms with van der Waals surface area (Å²) in [7, 11) is 0. The summed E-state index contributed by atoms with van der Waals surface area (Å²) in [6.45, 7) is 1.69. The van der Waals surface area contributed by atoms with Gasteiger partial charge < -0.3 is 4.42 Å². The number of carbonyl (C=O) groups is 2. The predicted molar refractivity (Wildman–Crippen MR) is 98.4 cm³/mol. The van der Waals surface area contributed by atoms with E-state index in [1.807, 2.05) is 60.7 Å². The Morgan fingerprint density at radius 1 is 0.885 bits per heavy atom. The molecule has 132 valence electrons. The molecule has 3 aromatic rings. The molecule has 0 aliphatic heterocycles. The first-order valence-corrected chi connectivity index (χ1v) is 8.38. The Labute approximate surface area is 152 Å². The summed E-state index contributed by atoms with van der Waals surface area (Å²) < 4.78 is 5.10. The van der Waals surface area contributed by atoms with E-state index >= 15 is 0 Å². The average Bonchev–Trinajstić information content (AvgIpc) is 3.11. The van der Waals surface area contributed by atoms with Crippen LogP contribution in [0.1, 0.15) is 39.6 Å². The normalized spacial score (nSPS) is 10.5. The predicted octanol–water partition coefficient (Wildman–Crippen LogP) is 3.57. The third-order valence-electron chi connectivity index (χ3n) is 4.21. The van der Waals surface area contributed by atoms with Crippen molar-refractivity contribution in [3.63, 3.8) is 0 Å². The molecular weight excluding hydrogens is 328 g/mol. The number of hydrogen-bond acceptors (Lipinski definition) is 3. The Morgan fingerprint density at radius 2 is 1.46 bits per heavy atom. The number of aryl methyl sites for hydroxylation is 1. The molecule has 5 nitrogen and oxygen atoms in total. The van der Waals surface area contributed by atoms with Gasteiger partial charge in [0.25, 0.3) is 5.91 Å². The van der Waals surface area contributed by atoms with Crippen LogP contribution in [0.2, 0.25) is 0 Å². The summed E-state index contributed by atoms with van der Waals surface area (Å²) in [4.78, 5) is 24.5. The molecule has 2 aromatic carbocycles. The topological polar surface area (TPSA) is 71.3 Å².